The summed E-state index contributed by atoms with van der Waals surface area (Å²) in [5, 5.41) is 3.53. The van der Waals surface area contributed by atoms with Crippen molar-refractivity contribution in [2.45, 2.75) is 25.7 Å². The molecule has 2 nitrogen and oxygen atoms in total. The van der Waals surface area contributed by atoms with Crippen molar-refractivity contribution in [3.63, 3.8) is 0 Å². The predicted molar refractivity (Wildman–Crippen MR) is 72.8 cm³/mol. The molecule has 86 valence electrons. The van der Waals surface area contributed by atoms with Gasteiger partial charge in [-0.05, 0) is 34.9 Å². The van der Waals surface area contributed by atoms with Crippen molar-refractivity contribution >= 4 is 18.0 Å². The Bertz CT molecular complexity index is 408. The molecule has 0 fully saturated rings. The average Bonchev–Trinajstić information content (AvgIpc) is 2.23. The van der Waals surface area contributed by atoms with Crippen LogP contribution in [-0.2, 0) is 0 Å². The summed E-state index contributed by atoms with van der Waals surface area (Å²) < 4.78 is 0. The Morgan fingerprint density at radius 2 is 2.19 bits per heavy atom. The number of rotatable bonds is 4. The summed E-state index contributed by atoms with van der Waals surface area (Å²) in [6.07, 6.45) is 1.65. The molecule has 1 rings (SSSR count). The van der Waals surface area contributed by atoms with E-state index in [9.17, 15) is 0 Å². The summed E-state index contributed by atoms with van der Waals surface area (Å²) in [4.78, 5) is 2.39. The minimum Gasteiger partial charge on any atom is -0.323 e. The van der Waals surface area contributed by atoms with Crippen molar-refractivity contribution in [1.82, 2.24) is 0 Å². The van der Waals surface area contributed by atoms with E-state index in [2.05, 4.69) is 44.6 Å². The number of nitrogens with two attached hydrogens (primary N) is 1. The van der Waals surface area contributed by atoms with Gasteiger partial charge in [-0.1, -0.05) is 44.3 Å². The summed E-state index contributed by atoms with van der Waals surface area (Å²) in [6, 6.07) is 6.17. The van der Waals surface area contributed by atoms with E-state index in [0.29, 0.717) is 5.92 Å². The molecule has 0 amide bonds. The number of allylic oxidation sites excluding steroid dienone is 1. The average molecular weight is 234 g/mol. The summed E-state index contributed by atoms with van der Waals surface area (Å²) in [6.45, 7) is 10.5. The molecule has 0 radical (unpaired) electrons. The topological polar surface area (TPSA) is 38.4 Å². The van der Waals surface area contributed by atoms with Crippen LogP contribution in [-0.4, -0.2) is 6.21 Å². The molecule has 1 aromatic carbocycles. The second-order valence-electron chi connectivity index (χ2n) is 4.03. The van der Waals surface area contributed by atoms with Gasteiger partial charge in [0.2, 0.25) is 0 Å². The van der Waals surface area contributed by atoms with Crippen LogP contribution < -0.4 is 5.84 Å². The fraction of sp³-hybridized carbons (Fsp3) is 0.308. The van der Waals surface area contributed by atoms with Gasteiger partial charge < -0.3 is 5.84 Å². The lowest BCUT2D eigenvalue weighted by molar-refractivity contribution is 0.819. The highest BCUT2D eigenvalue weighted by Crippen LogP contribution is 2.32. The second-order valence-corrected chi connectivity index (χ2v) is 5.19. The fourth-order valence-electron chi connectivity index (χ4n) is 1.15. The molecule has 0 saturated carbocycles. The van der Waals surface area contributed by atoms with E-state index in [-0.39, 0.29) is 0 Å². The number of hydrogen-bond donors (Lipinski definition) is 1. The van der Waals surface area contributed by atoms with E-state index in [4.69, 9.17) is 5.84 Å². The Labute approximate surface area is 102 Å². The van der Waals surface area contributed by atoms with Crippen LogP contribution in [0.2, 0.25) is 0 Å². The van der Waals surface area contributed by atoms with Crippen LogP contribution >= 0.6 is 11.8 Å². The lowest BCUT2D eigenvalue weighted by atomic mass is 10.2. The Balaban J connectivity index is 2.94. The maximum Gasteiger partial charge on any atom is 0.0538 e. The third kappa shape index (κ3) is 3.42. The largest absolute Gasteiger partial charge is 0.323 e. The highest BCUT2D eigenvalue weighted by Gasteiger charge is 2.06. The molecule has 0 bridgehead atoms. The van der Waals surface area contributed by atoms with Crippen molar-refractivity contribution < 1.29 is 0 Å². The third-order valence-corrected chi connectivity index (χ3v) is 3.71. The molecular formula is C13H18N2S. The molecule has 0 aliphatic heterocycles. The van der Waals surface area contributed by atoms with E-state index < -0.39 is 0 Å². The molecule has 16 heavy (non-hydrogen) atoms. The molecule has 0 heterocycles. The van der Waals surface area contributed by atoms with Crippen LogP contribution in [0.1, 0.15) is 25.0 Å². The zero-order valence-electron chi connectivity index (χ0n) is 10.0. The van der Waals surface area contributed by atoms with Gasteiger partial charge in [0.1, 0.15) is 0 Å². The molecule has 0 aliphatic carbocycles. The van der Waals surface area contributed by atoms with E-state index in [1.165, 1.54) is 15.4 Å². The van der Waals surface area contributed by atoms with E-state index in [0.717, 1.165) is 5.56 Å². The van der Waals surface area contributed by atoms with E-state index in [1.807, 2.05) is 6.07 Å². The van der Waals surface area contributed by atoms with Crippen LogP contribution in [0.4, 0.5) is 0 Å². The van der Waals surface area contributed by atoms with Crippen molar-refractivity contribution in [2.75, 3.05) is 0 Å². The number of benzene rings is 1. The van der Waals surface area contributed by atoms with Gasteiger partial charge in [0.25, 0.3) is 0 Å². The maximum atomic E-state index is 5.14. The molecule has 2 N–H and O–H groups in total. The standard InChI is InChI=1S/C13H18N2S/c1-9(2)11(4)16-13-7-12(8-15-14)6-5-10(13)3/h5-9H,4,14H2,1-3H3/b15-8+. The lowest BCUT2D eigenvalue weighted by Gasteiger charge is -2.11. The molecule has 0 aromatic heterocycles. The van der Waals surface area contributed by atoms with Gasteiger partial charge >= 0.3 is 0 Å². The van der Waals surface area contributed by atoms with Crippen LogP contribution in [0.5, 0.6) is 0 Å². The van der Waals surface area contributed by atoms with Crippen LogP contribution in [0.3, 0.4) is 0 Å². The predicted octanol–water partition coefficient (Wildman–Crippen LogP) is 3.55. The molecule has 3 heteroatoms. The quantitative estimate of drug-likeness (QED) is 0.374. The van der Waals surface area contributed by atoms with Gasteiger partial charge in [0, 0.05) is 4.90 Å². The molecule has 0 saturated heterocycles. The molecule has 0 unspecified atom stereocenters. The summed E-state index contributed by atoms with van der Waals surface area (Å²) in [7, 11) is 0. The maximum absolute atomic E-state index is 5.14. The highest BCUT2D eigenvalue weighted by molar-refractivity contribution is 8.03. The smallest absolute Gasteiger partial charge is 0.0538 e. The van der Waals surface area contributed by atoms with Crippen molar-refractivity contribution in [3.8, 4) is 0 Å². The summed E-state index contributed by atoms with van der Waals surface area (Å²) >= 11 is 1.72. The molecule has 1 aromatic rings. The van der Waals surface area contributed by atoms with E-state index in [1.54, 1.807) is 18.0 Å². The van der Waals surface area contributed by atoms with Crippen LogP contribution in [0.15, 0.2) is 39.7 Å². The molecule has 0 aliphatic rings. The SMILES string of the molecule is C=C(Sc1cc(/C=N/N)ccc1C)C(C)C. The summed E-state index contributed by atoms with van der Waals surface area (Å²) in [5.74, 6) is 5.63. The number of hydrazone groups is 1. The van der Waals surface area contributed by atoms with Gasteiger partial charge in [-0.25, -0.2) is 0 Å². The Morgan fingerprint density at radius 3 is 2.75 bits per heavy atom. The first kappa shape index (κ1) is 12.8. The van der Waals surface area contributed by atoms with Gasteiger partial charge in [0.05, 0.1) is 6.21 Å². The highest BCUT2D eigenvalue weighted by atomic mass is 32.2. The minimum atomic E-state index is 0.483. The second kappa shape index (κ2) is 5.75. The minimum absolute atomic E-state index is 0.483. The Kier molecular flexibility index (Phi) is 4.62. The third-order valence-electron chi connectivity index (χ3n) is 2.32. The van der Waals surface area contributed by atoms with Gasteiger partial charge in [-0.3, -0.25) is 0 Å². The zero-order chi connectivity index (χ0) is 12.1. The molecule has 0 atom stereocenters. The van der Waals surface area contributed by atoms with E-state index >= 15 is 0 Å². The first-order valence-corrected chi connectivity index (χ1v) is 6.06. The number of hydrogen-bond acceptors (Lipinski definition) is 3. The Morgan fingerprint density at radius 1 is 1.50 bits per heavy atom. The fourth-order valence-corrected chi connectivity index (χ4v) is 2.09. The monoisotopic (exact) mass is 234 g/mol. The molecule has 0 spiro atoms. The number of thioether (sulfide) groups is 1. The van der Waals surface area contributed by atoms with Crippen LogP contribution in [0.25, 0.3) is 0 Å². The number of nitrogens with zero attached hydrogens (tertiary/aromatic N) is 1. The van der Waals surface area contributed by atoms with Crippen LogP contribution in [0, 0.1) is 12.8 Å². The Hall–Kier alpha value is -1.22. The van der Waals surface area contributed by atoms with Gasteiger partial charge in [-0.15, -0.1) is 0 Å². The van der Waals surface area contributed by atoms with Gasteiger partial charge in [-0.2, -0.15) is 5.10 Å². The first-order valence-electron chi connectivity index (χ1n) is 5.25. The number of aryl methyl sites for hydroxylation is 1. The lowest BCUT2D eigenvalue weighted by Crippen LogP contribution is -1.91. The van der Waals surface area contributed by atoms with Gasteiger partial charge in [0.15, 0.2) is 0 Å². The van der Waals surface area contributed by atoms with Crippen molar-refractivity contribution in [3.05, 3.63) is 40.8 Å². The van der Waals surface area contributed by atoms with Crippen molar-refractivity contribution in [1.29, 1.82) is 0 Å². The normalized spacial score (nSPS) is 11.2. The van der Waals surface area contributed by atoms with Crippen molar-refractivity contribution in [2.24, 2.45) is 16.9 Å². The first-order chi connectivity index (χ1) is 7.54. The summed E-state index contributed by atoms with van der Waals surface area (Å²) in [5.41, 5.74) is 2.27. The molecular weight excluding hydrogens is 216 g/mol. The zero-order valence-corrected chi connectivity index (χ0v) is 10.8.